The largest absolute Gasteiger partial charge is 0.465 e. The number of carbonyl (C=O) groups excluding carboxylic acids is 2. The summed E-state index contributed by atoms with van der Waals surface area (Å²) in [7, 11) is -4.17. The summed E-state index contributed by atoms with van der Waals surface area (Å²) >= 11 is 0. The molecule has 9 heteroatoms. The molecule has 8 nitrogen and oxygen atoms in total. The summed E-state index contributed by atoms with van der Waals surface area (Å²) in [5.74, 6) is -0.691. The molecule has 1 amide bonds. The lowest BCUT2D eigenvalue weighted by molar-refractivity contribution is -0.143. The fraction of sp³-hybridized carbons (Fsp3) is 0.818. The van der Waals surface area contributed by atoms with Crippen LogP contribution in [0.3, 0.4) is 0 Å². The topological polar surface area (TPSA) is 102 Å². The second kappa shape index (κ2) is 8.05. The minimum atomic E-state index is -4.17. The summed E-state index contributed by atoms with van der Waals surface area (Å²) in [6.45, 7) is 7.61. The maximum Gasteiger partial charge on any atom is 0.422 e. The summed E-state index contributed by atoms with van der Waals surface area (Å²) in [5.41, 5.74) is 0. The molecule has 0 atom stereocenters. The highest BCUT2D eigenvalue weighted by Gasteiger charge is 2.30. The molecule has 0 aromatic heterocycles. The van der Waals surface area contributed by atoms with Gasteiger partial charge >= 0.3 is 22.3 Å². The van der Waals surface area contributed by atoms with Crippen molar-refractivity contribution in [3.63, 3.8) is 0 Å². The number of carbonyl (C=O) groups is 2. The van der Waals surface area contributed by atoms with Crippen molar-refractivity contribution in [3.05, 3.63) is 0 Å². The maximum atomic E-state index is 12.0. The number of hydrogen-bond acceptors (Lipinski definition) is 6. The van der Waals surface area contributed by atoms with Crippen molar-refractivity contribution in [2.24, 2.45) is 0 Å². The Morgan fingerprint density at radius 2 is 1.75 bits per heavy atom. The van der Waals surface area contributed by atoms with Crippen LogP contribution in [-0.2, 0) is 24.5 Å². The lowest BCUT2D eigenvalue weighted by atomic mass is 10.4. The summed E-state index contributed by atoms with van der Waals surface area (Å²) in [6.07, 6.45) is -1.54. The van der Waals surface area contributed by atoms with Crippen molar-refractivity contribution in [3.8, 4) is 0 Å². The zero-order chi connectivity index (χ0) is 15.9. The van der Waals surface area contributed by atoms with Crippen molar-refractivity contribution in [2.75, 3.05) is 13.2 Å². The van der Waals surface area contributed by atoms with E-state index < -0.39 is 41.0 Å². The lowest BCUT2D eigenvalue weighted by Crippen LogP contribution is -2.49. The molecule has 20 heavy (non-hydrogen) atoms. The Labute approximate surface area is 119 Å². The molecule has 0 aliphatic carbocycles. The Kier molecular flexibility index (Phi) is 7.51. The number of hydrogen-bond donors (Lipinski definition) is 1. The van der Waals surface area contributed by atoms with Crippen LogP contribution in [0.1, 0.15) is 34.6 Å². The molecule has 0 aliphatic rings. The highest BCUT2D eigenvalue weighted by atomic mass is 32.2. The van der Waals surface area contributed by atoms with E-state index in [1.165, 1.54) is 0 Å². The zero-order valence-corrected chi connectivity index (χ0v) is 13.2. The fourth-order valence-electron chi connectivity index (χ4n) is 1.28. The summed E-state index contributed by atoms with van der Waals surface area (Å²) < 4.78 is 36.0. The van der Waals surface area contributed by atoms with Crippen molar-refractivity contribution in [1.29, 1.82) is 0 Å². The van der Waals surface area contributed by atoms with Crippen LogP contribution in [0.4, 0.5) is 4.79 Å². The first-order valence-corrected chi connectivity index (χ1v) is 7.70. The number of rotatable bonds is 7. The number of amides is 1. The van der Waals surface area contributed by atoms with Gasteiger partial charge in [-0.25, -0.2) is 9.52 Å². The number of ether oxygens (including phenoxy) is 2. The van der Waals surface area contributed by atoms with E-state index in [1.54, 1.807) is 39.3 Å². The van der Waals surface area contributed by atoms with Gasteiger partial charge in [0, 0.05) is 6.04 Å². The Bertz CT molecular complexity index is 432. The van der Waals surface area contributed by atoms with Crippen LogP contribution < -0.4 is 4.72 Å². The third-order valence-electron chi connectivity index (χ3n) is 2.03. The van der Waals surface area contributed by atoms with E-state index >= 15 is 0 Å². The first-order chi connectivity index (χ1) is 9.10. The van der Waals surface area contributed by atoms with Gasteiger partial charge in [-0.05, 0) is 34.6 Å². The van der Waals surface area contributed by atoms with Crippen LogP contribution in [0.25, 0.3) is 0 Å². The van der Waals surface area contributed by atoms with E-state index in [1.807, 2.05) is 0 Å². The molecule has 0 aliphatic heterocycles. The van der Waals surface area contributed by atoms with Gasteiger partial charge in [0.25, 0.3) is 0 Å². The molecule has 0 unspecified atom stereocenters. The van der Waals surface area contributed by atoms with Gasteiger partial charge in [-0.2, -0.15) is 12.7 Å². The summed E-state index contributed by atoms with van der Waals surface area (Å²) in [4.78, 5) is 22.7. The smallest absolute Gasteiger partial charge is 0.422 e. The molecule has 0 aromatic rings. The van der Waals surface area contributed by atoms with E-state index in [0.29, 0.717) is 0 Å². The van der Waals surface area contributed by atoms with Crippen LogP contribution in [0.15, 0.2) is 0 Å². The van der Waals surface area contributed by atoms with Gasteiger partial charge in [0.15, 0.2) is 0 Å². The molecule has 0 fully saturated rings. The standard InChI is InChI=1S/C11H22N2O6S/c1-6-18-10(14)7-13(8(2)3)20(16,17)12-11(15)19-9(4)5/h8-9H,6-7H2,1-5H3,(H,12,15). The molecule has 0 spiro atoms. The average Bonchev–Trinajstić information content (AvgIpc) is 2.23. The molecule has 0 saturated heterocycles. The second-order valence-electron chi connectivity index (χ2n) is 4.51. The molecular weight excluding hydrogens is 288 g/mol. The predicted octanol–water partition coefficient (Wildman–Crippen LogP) is 0.639. The molecule has 0 rings (SSSR count). The van der Waals surface area contributed by atoms with E-state index in [0.717, 1.165) is 4.31 Å². The van der Waals surface area contributed by atoms with Gasteiger partial charge in [-0.1, -0.05) is 0 Å². The monoisotopic (exact) mass is 310 g/mol. The average molecular weight is 310 g/mol. The minimum Gasteiger partial charge on any atom is -0.465 e. The van der Waals surface area contributed by atoms with Gasteiger partial charge in [0.2, 0.25) is 0 Å². The lowest BCUT2D eigenvalue weighted by Gasteiger charge is -2.24. The molecule has 0 heterocycles. The normalized spacial score (nSPS) is 11.8. The Morgan fingerprint density at radius 1 is 1.20 bits per heavy atom. The first-order valence-electron chi connectivity index (χ1n) is 6.26. The van der Waals surface area contributed by atoms with Crippen LogP contribution in [-0.4, -0.2) is 50.1 Å². The highest BCUT2D eigenvalue weighted by molar-refractivity contribution is 7.87. The van der Waals surface area contributed by atoms with Crippen molar-refractivity contribution in [1.82, 2.24) is 9.03 Å². The van der Waals surface area contributed by atoms with Crippen LogP contribution in [0, 0.1) is 0 Å². The van der Waals surface area contributed by atoms with E-state index in [-0.39, 0.29) is 6.61 Å². The number of nitrogens with zero attached hydrogens (tertiary/aromatic N) is 1. The second-order valence-corrected chi connectivity index (χ2v) is 6.13. The summed E-state index contributed by atoms with van der Waals surface area (Å²) in [6, 6.07) is -0.524. The maximum absolute atomic E-state index is 12.0. The summed E-state index contributed by atoms with van der Waals surface area (Å²) in [5, 5.41) is 0. The van der Waals surface area contributed by atoms with Crippen LogP contribution in [0.5, 0.6) is 0 Å². The van der Waals surface area contributed by atoms with Crippen molar-refractivity contribution in [2.45, 2.75) is 46.8 Å². The Balaban J connectivity index is 4.89. The van der Waals surface area contributed by atoms with Gasteiger partial charge in [0.05, 0.1) is 12.7 Å². The van der Waals surface area contributed by atoms with E-state index in [9.17, 15) is 18.0 Å². The third-order valence-corrected chi connectivity index (χ3v) is 3.62. The molecule has 0 saturated carbocycles. The zero-order valence-electron chi connectivity index (χ0n) is 12.4. The van der Waals surface area contributed by atoms with Crippen LogP contribution in [0.2, 0.25) is 0 Å². The van der Waals surface area contributed by atoms with Crippen molar-refractivity contribution >= 4 is 22.3 Å². The van der Waals surface area contributed by atoms with Gasteiger partial charge in [-0.3, -0.25) is 4.79 Å². The van der Waals surface area contributed by atoms with Gasteiger partial charge in [-0.15, -0.1) is 0 Å². The quantitative estimate of drug-likeness (QED) is 0.692. The van der Waals surface area contributed by atoms with E-state index in [4.69, 9.17) is 9.47 Å². The van der Waals surface area contributed by atoms with E-state index in [2.05, 4.69) is 0 Å². The fourth-order valence-corrected chi connectivity index (χ4v) is 2.49. The van der Waals surface area contributed by atoms with Gasteiger partial charge < -0.3 is 9.47 Å². The third kappa shape index (κ3) is 6.71. The predicted molar refractivity (Wildman–Crippen MR) is 72.1 cm³/mol. The number of esters is 1. The molecule has 1 N–H and O–H groups in total. The molecule has 118 valence electrons. The molecule has 0 bridgehead atoms. The Hall–Kier alpha value is -1.35. The first kappa shape index (κ1) is 18.7. The molecule has 0 radical (unpaired) electrons. The van der Waals surface area contributed by atoms with Gasteiger partial charge in [0.1, 0.15) is 6.54 Å². The SMILES string of the molecule is CCOC(=O)CN(C(C)C)S(=O)(=O)NC(=O)OC(C)C. The number of nitrogens with one attached hydrogen (secondary N) is 1. The van der Waals surface area contributed by atoms with Crippen LogP contribution >= 0.6 is 0 Å². The Morgan fingerprint density at radius 3 is 2.15 bits per heavy atom. The molecular formula is C11H22N2O6S. The van der Waals surface area contributed by atoms with Crippen molar-refractivity contribution < 1.29 is 27.5 Å². The molecule has 0 aromatic carbocycles. The minimum absolute atomic E-state index is 0.146. The highest BCUT2D eigenvalue weighted by Crippen LogP contribution is 2.06.